The Morgan fingerprint density at radius 1 is 1.41 bits per heavy atom. The minimum absolute atomic E-state index is 0.0165. The monoisotopic (exact) mass is 263 g/mol. The van der Waals surface area contributed by atoms with Gasteiger partial charge in [-0.1, -0.05) is 6.92 Å². The molecule has 0 amide bonds. The predicted molar refractivity (Wildman–Crippen MR) is 65.7 cm³/mol. The van der Waals surface area contributed by atoms with Gasteiger partial charge in [0, 0.05) is 12.3 Å². The first-order chi connectivity index (χ1) is 7.93. The first-order valence-electron chi connectivity index (χ1n) is 6.07. The van der Waals surface area contributed by atoms with Crippen molar-refractivity contribution in [3.8, 4) is 0 Å². The molecule has 1 aliphatic rings. The van der Waals surface area contributed by atoms with Crippen molar-refractivity contribution in [3.63, 3.8) is 0 Å². The molecule has 0 aromatic rings. The summed E-state index contributed by atoms with van der Waals surface area (Å²) in [5, 5.41) is 8.76. The van der Waals surface area contributed by atoms with Gasteiger partial charge in [-0.05, 0) is 31.7 Å². The lowest BCUT2D eigenvalue weighted by Gasteiger charge is -2.19. The van der Waals surface area contributed by atoms with Crippen molar-refractivity contribution in [2.24, 2.45) is 5.92 Å². The van der Waals surface area contributed by atoms with Crippen LogP contribution in [0.4, 0.5) is 0 Å². The molecule has 0 heterocycles. The Bertz CT molecular complexity index is 348. The van der Waals surface area contributed by atoms with Crippen LogP contribution in [0.3, 0.4) is 0 Å². The molecule has 1 aliphatic carbocycles. The molecule has 0 spiro atoms. The molecule has 0 bridgehead atoms. The van der Waals surface area contributed by atoms with Crippen LogP contribution in [0.1, 0.15) is 26.2 Å². The van der Waals surface area contributed by atoms with E-state index in [0.29, 0.717) is 18.9 Å². The Labute approximate surface area is 103 Å². The van der Waals surface area contributed by atoms with E-state index in [9.17, 15) is 13.2 Å². The Hall–Kier alpha value is -0.620. The maximum atomic E-state index is 11.3. The molecule has 17 heavy (non-hydrogen) atoms. The minimum atomic E-state index is -2.93. The second kappa shape index (κ2) is 6.35. The normalized spacial score (nSPS) is 16.4. The predicted octanol–water partition coefficient (Wildman–Crippen LogP) is 0.608. The van der Waals surface area contributed by atoms with E-state index in [1.54, 1.807) is 6.92 Å². The van der Waals surface area contributed by atoms with Gasteiger partial charge in [0.05, 0.1) is 12.3 Å². The number of hydrogen-bond acceptors (Lipinski definition) is 4. The lowest BCUT2D eigenvalue weighted by molar-refractivity contribution is -0.138. The molecule has 100 valence electrons. The second-order valence-corrected chi connectivity index (χ2v) is 7.13. The zero-order chi connectivity index (χ0) is 12.9. The molecule has 1 N–H and O–H groups in total. The Morgan fingerprint density at radius 2 is 2.06 bits per heavy atom. The summed E-state index contributed by atoms with van der Waals surface area (Å²) in [5.74, 6) is 0.0971. The Kier molecular flexibility index (Phi) is 5.39. The summed E-state index contributed by atoms with van der Waals surface area (Å²) in [5.41, 5.74) is 0. The number of carbonyl (C=O) groups is 1. The number of carboxylic acids is 1. The van der Waals surface area contributed by atoms with Gasteiger partial charge in [0.15, 0.2) is 0 Å². The average Bonchev–Trinajstić information content (AvgIpc) is 3.00. The molecule has 1 rings (SSSR count). The second-order valence-electron chi connectivity index (χ2n) is 4.66. The molecular weight excluding hydrogens is 242 g/mol. The van der Waals surface area contributed by atoms with Crippen LogP contribution in [0.2, 0.25) is 0 Å². The number of rotatable bonds is 9. The third-order valence-electron chi connectivity index (χ3n) is 2.94. The van der Waals surface area contributed by atoms with Crippen LogP contribution < -0.4 is 0 Å². The van der Waals surface area contributed by atoms with Crippen LogP contribution in [-0.4, -0.2) is 55.5 Å². The van der Waals surface area contributed by atoms with E-state index in [4.69, 9.17) is 5.11 Å². The molecule has 5 nitrogen and oxygen atoms in total. The first kappa shape index (κ1) is 14.4. The highest BCUT2D eigenvalue weighted by atomic mass is 32.2. The third-order valence-corrected chi connectivity index (χ3v) is 4.73. The van der Waals surface area contributed by atoms with Crippen molar-refractivity contribution in [2.75, 3.05) is 31.1 Å². The number of sulfone groups is 1. The number of nitrogens with zero attached hydrogens (tertiary/aromatic N) is 1. The summed E-state index contributed by atoms with van der Waals surface area (Å²) < 4.78 is 22.6. The number of aliphatic carboxylic acids is 1. The summed E-state index contributed by atoms with van der Waals surface area (Å²) in [6.45, 7) is 3.00. The van der Waals surface area contributed by atoms with Gasteiger partial charge in [-0.2, -0.15) is 0 Å². The summed E-state index contributed by atoms with van der Waals surface area (Å²) in [7, 11) is -2.93. The number of hydrogen-bond donors (Lipinski definition) is 1. The lowest BCUT2D eigenvalue weighted by atomic mass is 10.3. The van der Waals surface area contributed by atoms with Gasteiger partial charge in [0.25, 0.3) is 0 Å². The van der Waals surface area contributed by atoms with E-state index in [-0.39, 0.29) is 18.1 Å². The molecular formula is C11H21NO4S. The van der Waals surface area contributed by atoms with Crippen LogP contribution in [-0.2, 0) is 14.6 Å². The van der Waals surface area contributed by atoms with Gasteiger partial charge in [-0.25, -0.2) is 8.42 Å². The van der Waals surface area contributed by atoms with E-state index in [2.05, 4.69) is 0 Å². The quantitative estimate of drug-likeness (QED) is 0.659. The van der Waals surface area contributed by atoms with Crippen molar-refractivity contribution in [3.05, 3.63) is 0 Å². The molecule has 1 saturated carbocycles. The number of carboxylic acid groups (broad SMARTS) is 1. The fourth-order valence-electron chi connectivity index (χ4n) is 1.74. The topological polar surface area (TPSA) is 74.7 Å². The van der Waals surface area contributed by atoms with Gasteiger partial charge in [-0.3, -0.25) is 9.69 Å². The highest BCUT2D eigenvalue weighted by Gasteiger charge is 2.25. The molecule has 0 atom stereocenters. The van der Waals surface area contributed by atoms with Crippen LogP contribution in [0.25, 0.3) is 0 Å². The molecule has 0 radical (unpaired) electrons. The minimum Gasteiger partial charge on any atom is -0.480 e. The maximum Gasteiger partial charge on any atom is 0.317 e. The Morgan fingerprint density at radius 3 is 2.53 bits per heavy atom. The van der Waals surface area contributed by atoms with Crippen molar-refractivity contribution >= 4 is 15.8 Å². The fourth-order valence-corrected chi connectivity index (χ4v) is 2.60. The van der Waals surface area contributed by atoms with E-state index in [1.807, 2.05) is 4.90 Å². The van der Waals surface area contributed by atoms with Crippen molar-refractivity contribution < 1.29 is 18.3 Å². The highest BCUT2D eigenvalue weighted by Crippen LogP contribution is 2.29. The standard InChI is InChI=1S/C11H21NO4S/c1-2-17(15,16)7-3-6-12(9-11(13)14)8-10-4-5-10/h10H,2-9H2,1H3,(H,13,14). The van der Waals surface area contributed by atoms with Gasteiger partial charge >= 0.3 is 5.97 Å². The molecule has 6 heteroatoms. The molecule has 0 saturated heterocycles. The van der Waals surface area contributed by atoms with Gasteiger partial charge in [-0.15, -0.1) is 0 Å². The molecule has 0 aromatic heterocycles. The highest BCUT2D eigenvalue weighted by molar-refractivity contribution is 7.91. The molecule has 0 unspecified atom stereocenters. The van der Waals surface area contributed by atoms with Gasteiger partial charge < -0.3 is 5.11 Å². The Balaban J connectivity index is 2.29. The average molecular weight is 263 g/mol. The van der Waals surface area contributed by atoms with Gasteiger partial charge in [0.1, 0.15) is 9.84 Å². The zero-order valence-electron chi connectivity index (χ0n) is 10.3. The summed E-state index contributed by atoms with van der Waals surface area (Å²) in [6.07, 6.45) is 2.86. The van der Waals surface area contributed by atoms with Crippen molar-refractivity contribution in [1.29, 1.82) is 0 Å². The fraction of sp³-hybridized carbons (Fsp3) is 0.909. The van der Waals surface area contributed by atoms with E-state index in [1.165, 1.54) is 12.8 Å². The van der Waals surface area contributed by atoms with E-state index in [0.717, 1.165) is 6.54 Å². The van der Waals surface area contributed by atoms with Crippen LogP contribution in [0, 0.1) is 5.92 Å². The van der Waals surface area contributed by atoms with Crippen LogP contribution in [0.15, 0.2) is 0 Å². The largest absolute Gasteiger partial charge is 0.480 e. The van der Waals surface area contributed by atoms with Gasteiger partial charge in [0.2, 0.25) is 0 Å². The summed E-state index contributed by atoms with van der Waals surface area (Å²) >= 11 is 0. The lowest BCUT2D eigenvalue weighted by Crippen LogP contribution is -2.33. The van der Waals surface area contributed by atoms with Crippen LogP contribution >= 0.6 is 0 Å². The zero-order valence-corrected chi connectivity index (χ0v) is 11.1. The summed E-state index contributed by atoms with van der Waals surface area (Å²) in [4.78, 5) is 12.5. The smallest absolute Gasteiger partial charge is 0.317 e. The molecule has 0 aliphatic heterocycles. The third kappa shape index (κ3) is 6.63. The molecule has 0 aromatic carbocycles. The van der Waals surface area contributed by atoms with Crippen molar-refractivity contribution in [1.82, 2.24) is 4.90 Å². The molecule has 1 fully saturated rings. The van der Waals surface area contributed by atoms with Crippen molar-refractivity contribution in [2.45, 2.75) is 26.2 Å². The first-order valence-corrected chi connectivity index (χ1v) is 7.89. The summed E-state index contributed by atoms with van der Waals surface area (Å²) in [6, 6.07) is 0. The van der Waals surface area contributed by atoms with Crippen LogP contribution in [0.5, 0.6) is 0 Å². The van der Waals surface area contributed by atoms with E-state index < -0.39 is 15.8 Å². The van der Waals surface area contributed by atoms with E-state index >= 15 is 0 Å². The maximum absolute atomic E-state index is 11.3. The SMILES string of the molecule is CCS(=O)(=O)CCCN(CC(=O)O)CC1CC1.